The van der Waals surface area contributed by atoms with Crippen LogP contribution in [0.15, 0.2) is 47.3 Å². The van der Waals surface area contributed by atoms with E-state index in [2.05, 4.69) is 15.4 Å². The first kappa shape index (κ1) is 18.8. The van der Waals surface area contributed by atoms with Crippen molar-refractivity contribution in [3.63, 3.8) is 0 Å². The molecule has 2 aromatic heterocycles. The van der Waals surface area contributed by atoms with Crippen molar-refractivity contribution in [3.8, 4) is 0 Å². The number of carbonyl (C=O) groups is 1. The number of fused-ring (bicyclic) bond motifs is 3. The van der Waals surface area contributed by atoms with Gasteiger partial charge in [0.2, 0.25) is 11.5 Å². The van der Waals surface area contributed by atoms with Crippen molar-refractivity contribution in [1.29, 1.82) is 0 Å². The Balaban J connectivity index is 1.96. The number of benzene rings is 2. The summed E-state index contributed by atoms with van der Waals surface area (Å²) in [5.74, 6) is -0.881. The molecular weight excluding hydrogens is 373 g/mol. The van der Waals surface area contributed by atoms with Gasteiger partial charge < -0.3 is 5.32 Å². The van der Waals surface area contributed by atoms with Crippen molar-refractivity contribution in [3.05, 3.63) is 75.6 Å². The van der Waals surface area contributed by atoms with Crippen LogP contribution in [0.2, 0.25) is 0 Å². The fourth-order valence-electron chi connectivity index (χ4n) is 3.28. The number of amides is 1. The molecule has 0 aliphatic carbocycles. The lowest BCUT2D eigenvalue weighted by Gasteiger charge is -2.12. The van der Waals surface area contributed by atoms with Crippen LogP contribution in [0.5, 0.6) is 0 Å². The monoisotopic (exact) mass is 393 g/mol. The zero-order valence-corrected chi connectivity index (χ0v) is 16.3. The van der Waals surface area contributed by atoms with E-state index in [0.29, 0.717) is 16.6 Å². The number of hydrogen-bond donors (Lipinski definition) is 1. The Morgan fingerprint density at radius 3 is 2.69 bits per heavy atom. The standard InChI is InChI=1S/C21H20FN5O2/c1-12(2)23-20(28)18-24-19-21(29)26(11-14-5-4-6-15(22)10-14)17-9-13(3)7-8-16(17)27(19)25-18/h4-10,12H,11H2,1-3H3,(H,23,28). The molecule has 29 heavy (non-hydrogen) atoms. The molecule has 0 radical (unpaired) electrons. The summed E-state index contributed by atoms with van der Waals surface area (Å²) in [5.41, 5.74) is 2.53. The average molecular weight is 393 g/mol. The van der Waals surface area contributed by atoms with E-state index in [-0.39, 0.29) is 29.9 Å². The average Bonchev–Trinajstić information content (AvgIpc) is 3.10. The summed E-state index contributed by atoms with van der Waals surface area (Å²) in [6, 6.07) is 11.6. The summed E-state index contributed by atoms with van der Waals surface area (Å²) in [6.45, 7) is 5.76. The lowest BCUT2D eigenvalue weighted by Crippen LogP contribution is -2.31. The summed E-state index contributed by atoms with van der Waals surface area (Å²) in [5, 5.41) is 7.00. The molecule has 2 aromatic carbocycles. The summed E-state index contributed by atoms with van der Waals surface area (Å²) in [4.78, 5) is 29.7. The number of nitrogens with zero attached hydrogens (tertiary/aromatic N) is 4. The van der Waals surface area contributed by atoms with Gasteiger partial charge in [-0.2, -0.15) is 4.98 Å². The van der Waals surface area contributed by atoms with E-state index in [4.69, 9.17) is 0 Å². The van der Waals surface area contributed by atoms with Gasteiger partial charge >= 0.3 is 0 Å². The van der Waals surface area contributed by atoms with Gasteiger partial charge in [0, 0.05) is 6.04 Å². The molecule has 0 atom stereocenters. The van der Waals surface area contributed by atoms with Gasteiger partial charge in [0.25, 0.3) is 11.5 Å². The third-order valence-electron chi connectivity index (χ3n) is 4.55. The molecule has 0 unspecified atom stereocenters. The Morgan fingerprint density at radius 1 is 1.17 bits per heavy atom. The molecule has 0 saturated carbocycles. The van der Waals surface area contributed by atoms with Crippen LogP contribution in [-0.4, -0.2) is 31.1 Å². The number of hydrogen-bond acceptors (Lipinski definition) is 4. The van der Waals surface area contributed by atoms with Gasteiger partial charge in [-0.05, 0) is 56.2 Å². The topological polar surface area (TPSA) is 81.3 Å². The van der Waals surface area contributed by atoms with E-state index in [1.54, 1.807) is 12.1 Å². The number of aryl methyl sites for hydroxylation is 1. The first-order chi connectivity index (χ1) is 13.8. The van der Waals surface area contributed by atoms with E-state index in [0.717, 1.165) is 5.56 Å². The summed E-state index contributed by atoms with van der Waals surface area (Å²) in [7, 11) is 0. The predicted molar refractivity (Wildman–Crippen MR) is 108 cm³/mol. The van der Waals surface area contributed by atoms with Crippen LogP contribution in [-0.2, 0) is 6.54 Å². The minimum absolute atomic E-state index is 0.0478. The Morgan fingerprint density at radius 2 is 1.97 bits per heavy atom. The second-order valence-electron chi connectivity index (χ2n) is 7.31. The van der Waals surface area contributed by atoms with Gasteiger partial charge in [-0.3, -0.25) is 14.2 Å². The maximum absolute atomic E-state index is 13.6. The highest BCUT2D eigenvalue weighted by Gasteiger charge is 2.19. The molecule has 0 spiro atoms. The quantitative estimate of drug-likeness (QED) is 0.578. The lowest BCUT2D eigenvalue weighted by molar-refractivity contribution is 0.0933. The largest absolute Gasteiger partial charge is 0.347 e. The summed E-state index contributed by atoms with van der Waals surface area (Å²) >= 11 is 0. The van der Waals surface area contributed by atoms with E-state index in [1.807, 2.05) is 39.0 Å². The minimum atomic E-state index is -0.444. The van der Waals surface area contributed by atoms with Crippen LogP contribution >= 0.6 is 0 Å². The van der Waals surface area contributed by atoms with Crippen molar-refractivity contribution in [2.24, 2.45) is 0 Å². The molecule has 1 amide bonds. The molecular formula is C21H20FN5O2. The van der Waals surface area contributed by atoms with Gasteiger partial charge in [0.15, 0.2) is 0 Å². The maximum Gasteiger partial charge on any atom is 0.296 e. The molecule has 4 rings (SSSR count). The third kappa shape index (κ3) is 3.49. The van der Waals surface area contributed by atoms with Crippen molar-refractivity contribution >= 4 is 22.6 Å². The molecule has 2 heterocycles. The highest BCUT2D eigenvalue weighted by Crippen LogP contribution is 2.17. The van der Waals surface area contributed by atoms with Gasteiger partial charge in [0.05, 0.1) is 17.6 Å². The Labute approximate surface area is 165 Å². The fraction of sp³-hybridized carbons (Fsp3) is 0.238. The van der Waals surface area contributed by atoms with Gasteiger partial charge in [-0.25, -0.2) is 8.91 Å². The molecule has 0 bridgehead atoms. The maximum atomic E-state index is 13.6. The van der Waals surface area contributed by atoms with Crippen LogP contribution in [0.1, 0.15) is 35.6 Å². The molecule has 7 nitrogen and oxygen atoms in total. The molecule has 1 N–H and O–H groups in total. The number of halogens is 1. The van der Waals surface area contributed by atoms with Crippen LogP contribution in [0.4, 0.5) is 4.39 Å². The molecule has 0 fully saturated rings. The van der Waals surface area contributed by atoms with Gasteiger partial charge in [0.1, 0.15) is 5.82 Å². The zero-order chi connectivity index (χ0) is 20.7. The van der Waals surface area contributed by atoms with Crippen molar-refractivity contribution in [1.82, 2.24) is 24.5 Å². The number of aromatic nitrogens is 4. The number of nitrogens with one attached hydrogen (secondary N) is 1. The molecule has 0 aliphatic rings. The SMILES string of the molecule is Cc1ccc2c(c1)n(Cc1cccc(F)c1)c(=O)c1nc(C(=O)NC(C)C)nn12. The first-order valence-corrected chi connectivity index (χ1v) is 9.29. The molecule has 4 aromatic rings. The number of rotatable bonds is 4. The minimum Gasteiger partial charge on any atom is -0.347 e. The summed E-state index contributed by atoms with van der Waals surface area (Å²) < 4.78 is 16.6. The Kier molecular flexibility index (Phi) is 4.62. The first-order valence-electron chi connectivity index (χ1n) is 9.29. The highest BCUT2D eigenvalue weighted by atomic mass is 19.1. The predicted octanol–water partition coefficient (Wildman–Crippen LogP) is 2.68. The zero-order valence-electron chi connectivity index (χ0n) is 16.3. The van der Waals surface area contributed by atoms with Crippen LogP contribution in [0.25, 0.3) is 16.7 Å². The van der Waals surface area contributed by atoms with Crippen LogP contribution in [0, 0.1) is 12.7 Å². The molecule has 0 aliphatic heterocycles. The molecule has 148 valence electrons. The summed E-state index contributed by atoms with van der Waals surface area (Å²) in [6.07, 6.45) is 0. The molecule has 0 saturated heterocycles. The normalized spacial score (nSPS) is 11.5. The van der Waals surface area contributed by atoms with Gasteiger partial charge in [-0.1, -0.05) is 18.2 Å². The van der Waals surface area contributed by atoms with Gasteiger partial charge in [-0.15, -0.1) is 5.10 Å². The Bertz CT molecular complexity index is 1310. The second kappa shape index (κ2) is 7.12. The smallest absolute Gasteiger partial charge is 0.296 e. The fourth-order valence-corrected chi connectivity index (χ4v) is 3.28. The van der Waals surface area contributed by atoms with Crippen molar-refractivity contribution in [2.75, 3.05) is 0 Å². The molecule has 8 heteroatoms. The highest BCUT2D eigenvalue weighted by molar-refractivity contribution is 5.91. The van der Waals surface area contributed by atoms with Crippen LogP contribution < -0.4 is 10.9 Å². The third-order valence-corrected chi connectivity index (χ3v) is 4.55. The van der Waals surface area contributed by atoms with Crippen molar-refractivity contribution < 1.29 is 9.18 Å². The van der Waals surface area contributed by atoms with E-state index in [1.165, 1.54) is 21.2 Å². The number of carbonyl (C=O) groups excluding carboxylic acids is 1. The van der Waals surface area contributed by atoms with Crippen LogP contribution in [0.3, 0.4) is 0 Å². The Hall–Kier alpha value is -3.55. The lowest BCUT2D eigenvalue weighted by atomic mass is 10.2. The van der Waals surface area contributed by atoms with E-state index >= 15 is 0 Å². The van der Waals surface area contributed by atoms with E-state index < -0.39 is 11.5 Å². The van der Waals surface area contributed by atoms with E-state index in [9.17, 15) is 14.0 Å². The second-order valence-corrected chi connectivity index (χ2v) is 7.31. The van der Waals surface area contributed by atoms with Crippen molar-refractivity contribution in [2.45, 2.75) is 33.4 Å².